The van der Waals surface area contributed by atoms with Crippen LogP contribution in [0.25, 0.3) is 27.7 Å². The van der Waals surface area contributed by atoms with Crippen molar-refractivity contribution in [2.24, 2.45) is 7.05 Å². The lowest BCUT2D eigenvalue weighted by molar-refractivity contribution is -0.115. The maximum absolute atomic E-state index is 14.8. The van der Waals surface area contributed by atoms with Crippen LogP contribution in [0.15, 0.2) is 76.4 Å². The number of nitrogens with zero attached hydrogens (tertiary/aromatic N) is 1. The Morgan fingerprint density at radius 3 is 2.44 bits per heavy atom. The van der Waals surface area contributed by atoms with E-state index >= 15 is 0 Å². The average molecular weight is 565 g/mol. The summed E-state index contributed by atoms with van der Waals surface area (Å²) in [6, 6.07) is 18.3. The number of carbonyl (C=O) groups is 2. The lowest BCUT2D eigenvalue weighted by Crippen LogP contribution is -2.19. The number of imide groups is 1. The van der Waals surface area contributed by atoms with Gasteiger partial charge in [-0.3, -0.25) is 19.7 Å². The number of hydrogen-bond acceptors (Lipinski definition) is 6. The molecule has 198 valence electrons. The van der Waals surface area contributed by atoms with Crippen LogP contribution in [0.4, 0.5) is 9.18 Å². The largest absolute Gasteiger partial charge is 0.488 e. The van der Waals surface area contributed by atoms with Crippen LogP contribution in [-0.4, -0.2) is 28.9 Å². The van der Waals surface area contributed by atoms with Gasteiger partial charge in [-0.2, -0.15) is 0 Å². The highest BCUT2D eigenvalue weighted by molar-refractivity contribution is 8.18. The second kappa shape index (κ2) is 11.0. The van der Waals surface area contributed by atoms with Gasteiger partial charge in [0.1, 0.15) is 24.8 Å². The molecule has 7 nitrogen and oxygen atoms in total. The molecule has 39 heavy (non-hydrogen) atoms. The Kier molecular flexibility index (Phi) is 7.45. The molecular weight excluding hydrogens is 543 g/mol. The zero-order valence-electron chi connectivity index (χ0n) is 20.9. The summed E-state index contributed by atoms with van der Waals surface area (Å²) in [5.74, 6) is -0.512. The van der Waals surface area contributed by atoms with E-state index in [0.717, 1.165) is 11.8 Å². The summed E-state index contributed by atoms with van der Waals surface area (Å²) in [6.45, 7) is 1.78. The summed E-state index contributed by atoms with van der Waals surface area (Å²) in [5.41, 5.74) is 2.17. The molecule has 0 bridgehead atoms. The minimum absolute atomic E-state index is 0.00485. The van der Waals surface area contributed by atoms with Gasteiger partial charge in [-0.05, 0) is 66.2 Å². The van der Waals surface area contributed by atoms with Gasteiger partial charge < -0.3 is 14.0 Å². The maximum Gasteiger partial charge on any atom is 0.290 e. The molecule has 3 aromatic carbocycles. The van der Waals surface area contributed by atoms with Gasteiger partial charge in [-0.15, -0.1) is 0 Å². The van der Waals surface area contributed by atoms with Crippen molar-refractivity contribution < 1.29 is 23.5 Å². The van der Waals surface area contributed by atoms with Crippen LogP contribution in [-0.2, 0) is 11.8 Å². The van der Waals surface area contributed by atoms with Crippen LogP contribution in [0.5, 0.6) is 11.5 Å². The van der Waals surface area contributed by atoms with Gasteiger partial charge in [0.2, 0.25) is 5.43 Å². The summed E-state index contributed by atoms with van der Waals surface area (Å²) in [7, 11) is 1.76. The molecule has 1 aromatic heterocycles. The average Bonchev–Trinajstić information content (AvgIpc) is 3.27. The van der Waals surface area contributed by atoms with E-state index in [1.807, 2.05) is 6.07 Å². The summed E-state index contributed by atoms with van der Waals surface area (Å²) in [4.78, 5) is 37.2. The van der Waals surface area contributed by atoms with Gasteiger partial charge in [0.15, 0.2) is 5.75 Å². The van der Waals surface area contributed by atoms with Gasteiger partial charge in [-0.1, -0.05) is 41.9 Å². The molecule has 4 aromatic rings. The zero-order chi connectivity index (χ0) is 27.7. The van der Waals surface area contributed by atoms with Crippen molar-refractivity contribution >= 4 is 51.0 Å². The number of carbonyl (C=O) groups excluding carboxylic acids is 2. The molecule has 1 N–H and O–H groups in total. The highest BCUT2D eigenvalue weighted by Crippen LogP contribution is 2.35. The Morgan fingerprint density at radius 2 is 1.72 bits per heavy atom. The molecule has 10 heteroatoms. The lowest BCUT2D eigenvalue weighted by atomic mass is 10.1. The topological polar surface area (TPSA) is 86.6 Å². The maximum atomic E-state index is 14.8. The Bertz CT molecular complexity index is 1730. The second-order valence-electron chi connectivity index (χ2n) is 8.70. The molecule has 1 aliphatic rings. The molecule has 1 aliphatic heterocycles. The quantitative estimate of drug-likeness (QED) is 0.213. The Labute approximate surface area is 232 Å². The molecule has 1 saturated heterocycles. The smallest absolute Gasteiger partial charge is 0.290 e. The number of aryl methyl sites for hydroxylation is 1. The van der Waals surface area contributed by atoms with E-state index in [0.29, 0.717) is 43.4 Å². The van der Waals surface area contributed by atoms with Gasteiger partial charge in [0.25, 0.3) is 11.1 Å². The Morgan fingerprint density at radius 1 is 1.00 bits per heavy atom. The summed E-state index contributed by atoms with van der Waals surface area (Å²) in [6.07, 6.45) is 0. The summed E-state index contributed by atoms with van der Waals surface area (Å²) >= 11 is 7.26. The van der Waals surface area contributed by atoms with Crippen molar-refractivity contribution in [3.8, 4) is 22.8 Å². The van der Waals surface area contributed by atoms with Crippen LogP contribution < -0.4 is 20.2 Å². The number of para-hydroxylation sites is 1. The van der Waals surface area contributed by atoms with Crippen LogP contribution >= 0.6 is 23.4 Å². The molecule has 2 heterocycles. The van der Waals surface area contributed by atoms with Crippen LogP contribution in [0.1, 0.15) is 12.5 Å². The van der Waals surface area contributed by atoms with E-state index in [1.165, 1.54) is 6.07 Å². The van der Waals surface area contributed by atoms with Crippen molar-refractivity contribution in [1.29, 1.82) is 0 Å². The minimum Gasteiger partial charge on any atom is -0.488 e. The normalized spacial score (nSPS) is 14.5. The van der Waals surface area contributed by atoms with Gasteiger partial charge in [0.05, 0.1) is 21.1 Å². The predicted octanol–water partition coefficient (Wildman–Crippen LogP) is 6.17. The fraction of sp³-hybridized carbons (Fsp3) is 0.138. The van der Waals surface area contributed by atoms with Crippen molar-refractivity contribution in [3.05, 3.63) is 98.3 Å². The number of amides is 2. The van der Waals surface area contributed by atoms with E-state index < -0.39 is 17.0 Å². The first-order valence-corrected chi connectivity index (χ1v) is 13.1. The highest BCUT2D eigenvalue weighted by atomic mass is 35.5. The number of thioether (sulfide) groups is 1. The molecule has 1 fully saturated rings. The van der Waals surface area contributed by atoms with Crippen molar-refractivity contribution in [1.82, 2.24) is 9.88 Å². The van der Waals surface area contributed by atoms with Crippen molar-refractivity contribution in [3.63, 3.8) is 0 Å². The molecular formula is C29H22ClFN2O5S. The summed E-state index contributed by atoms with van der Waals surface area (Å²) < 4.78 is 28.3. The van der Waals surface area contributed by atoms with Crippen molar-refractivity contribution in [2.75, 3.05) is 13.2 Å². The molecule has 0 radical (unpaired) electrons. The number of hydrogen-bond donors (Lipinski definition) is 1. The summed E-state index contributed by atoms with van der Waals surface area (Å²) in [5, 5.41) is 2.58. The molecule has 0 saturated carbocycles. The molecule has 0 unspecified atom stereocenters. The number of rotatable bonds is 7. The number of ether oxygens (including phenoxy) is 2. The first-order chi connectivity index (χ1) is 18.8. The number of nitrogens with one attached hydrogen (secondary N) is 1. The number of benzene rings is 3. The second-order valence-corrected chi connectivity index (χ2v) is 10.1. The van der Waals surface area contributed by atoms with E-state index in [1.54, 1.807) is 73.1 Å². The first-order valence-electron chi connectivity index (χ1n) is 11.9. The number of pyridine rings is 1. The number of halogens is 2. The SMILES string of the molecule is CC(=C1SC(=O)NC1=O)c1ccc(OCCOc2c(-c3ccccc3F)n(C)c3ccccc3c2=O)c(Cl)c1. The first kappa shape index (κ1) is 26.5. The fourth-order valence-electron chi connectivity index (χ4n) is 4.39. The third kappa shape index (κ3) is 5.15. The molecule has 0 spiro atoms. The van der Waals surface area contributed by atoms with Crippen molar-refractivity contribution in [2.45, 2.75) is 6.92 Å². The third-order valence-corrected chi connectivity index (χ3v) is 7.58. The third-order valence-electron chi connectivity index (χ3n) is 6.31. The molecule has 2 amide bonds. The fourth-order valence-corrected chi connectivity index (χ4v) is 5.37. The van der Waals surface area contributed by atoms with Crippen LogP contribution in [0, 0.1) is 5.82 Å². The Hall–Kier alpha value is -4.08. The van der Waals surface area contributed by atoms with Crippen LogP contribution in [0.3, 0.4) is 0 Å². The van der Waals surface area contributed by atoms with Gasteiger partial charge in [0, 0.05) is 18.0 Å². The predicted molar refractivity (Wildman–Crippen MR) is 151 cm³/mol. The number of aromatic nitrogens is 1. The van der Waals surface area contributed by atoms with E-state index in [4.69, 9.17) is 21.1 Å². The van der Waals surface area contributed by atoms with E-state index in [-0.39, 0.29) is 30.0 Å². The molecule has 0 aliphatic carbocycles. The zero-order valence-corrected chi connectivity index (χ0v) is 22.5. The minimum atomic E-state index is -0.473. The van der Waals surface area contributed by atoms with Crippen LogP contribution in [0.2, 0.25) is 5.02 Å². The van der Waals surface area contributed by atoms with E-state index in [2.05, 4.69) is 5.32 Å². The lowest BCUT2D eigenvalue weighted by Gasteiger charge is -2.18. The molecule has 0 atom stereocenters. The number of allylic oxidation sites excluding steroid dienone is 1. The van der Waals surface area contributed by atoms with E-state index in [9.17, 15) is 18.8 Å². The highest BCUT2D eigenvalue weighted by Gasteiger charge is 2.27. The molecule has 5 rings (SSSR count). The Balaban J connectivity index is 1.37. The standard InChI is InChI=1S/C29H22ClFN2O5S/c1-16(27-28(35)32-29(36)39-27)17-11-12-23(20(30)15-17)37-13-14-38-26-24(18-7-3-5-9-21(18)31)33(2)22-10-6-4-8-19(22)25(26)34/h3-12,15H,13-14H2,1-2H3,(H,32,35,36). The van der Waals surface area contributed by atoms with Gasteiger partial charge >= 0.3 is 0 Å². The monoisotopic (exact) mass is 564 g/mol. The van der Waals surface area contributed by atoms with Gasteiger partial charge in [-0.25, -0.2) is 4.39 Å². The number of fused-ring (bicyclic) bond motifs is 1.